The molecule has 196 valence electrons. The number of carbonyl (C=O) groups is 2. The molecule has 8 nitrogen and oxygen atoms in total. The molecule has 1 aliphatic heterocycles. The predicted molar refractivity (Wildman–Crippen MR) is 132 cm³/mol. The van der Waals surface area contributed by atoms with E-state index in [1.54, 1.807) is 39.1 Å². The Hall–Kier alpha value is -3.43. The quantitative estimate of drug-likeness (QED) is 0.449. The summed E-state index contributed by atoms with van der Waals surface area (Å²) < 4.78 is 40.2. The standard InChI is InChI=1S/C26H33F2N3O5/c1-14(2)9-17(31(25(33)34)26(4,5)6)13-35-20-8-7-18-19-10-21(30-15(3)32)29-11-16(19)12-36-23(18)22(20)24(27)28/h7-8,10-11,14,17,24H,9,12-13H2,1-6H3,(H,33,34)(H,29,30,32)/t17-/m0/s1. The van der Waals surface area contributed by atoms with E-state index in [0.717, 1.165) is 0 Å². The first-order chi connectivity index (χ1) is 16.8. The minimum absolute atomic E-state index is 0.00120. The Labute approximate surface area is 209 Å². The number of carbonyl (C=O) groups excluding carboxylic acids is 1. The Balaban J connectivity index is 1.98. The number of rotatable bonds is 8. The lowest BCUT2D eigenvalue weighted by Gasteiger charge is -2.40. The number of fused-ring (bicyclic) bond motifs is 3. The summed E-state index contributed by atoms with van der Waals surface area (Å²) in [5, 5.41) is 12.5. The van der Waals surface area contributed by atoms with Gasteiger partial charge in [-0.2, -0.15) is 0 Å². The van der Waals surface area contributed by atoms with Crippen molar-refractivity contribution in [1.29, 1.82) is 0 Å². The second-order valence-electron chi connectivity index (χ2n) is 10.3. The maximum atomic E-state index is 14.3. The molecule has 1 aromatic carbocycles. The lowest BCUT2D eigenvalue weighted by molar-refractivity contribution is -0.114. The predicted octanol–water partition coefficient (Wildman–Crippen LogP) is 6.11. The normalized spacial score (nSPS) is 13.5. The van der Waals surface area contributed by atoms with Gasteiger partial charge in [0, 0.05) is 29.8 Å². The number of amides is 2. The van der Waals surface area contributed by atoms with E-state index in [4.69, 9.17) is 9.47 Å². The summed E-state index contributed by atoms with van der Waals surface area (Å²) in [7, 11) is 0. The highest BCUT2D eigenvalue weighted by molar-refractivity contribution is 5.89. The number of halogens is 2. The molecule has 0 fully saturated rings. The van der Waals surface area contributed by atoms with Gasteiger partial charge >= 0.3 is 6.09 Å². The Bertz CT molecular complexity index is 1130. The van der Waals surface area contributed by atoms with Crippen molar-refractivity contribution in [3.05, 3.63) is 35.5 Å². The smallest absolute Gasteiger partial charge is 0.408 e. The van der Waals surface area contributed by atoms with Crippen LogP contribution >= 0.6 is 0 Å². The van der Waals surface area contributed by atoms with E-state index in [0.29, 0.717) is 28.9 Å². The highest BCUT2D eigenvalue weighted by Crippen LogP contribution is 2.47. The van der Waals surface area contributed by atoms with E-state index in [-0.39, 0.29) is 36.5 Å². The van der Waals surface area contributed by atoms with E-state index in [2.05, 4.69) is 10.3 Å². The van der Waals surface area contributed by atoms with Crippen molar-refractivity contribution < 1.29 is 33.0 Å². The number of benzene rings is 1. The number of pyridine rings is 1. The molecular weight excluding hydrogens is 472 g/mol. The second-order valence-corrected chi connectivity index (χ2v) is 10.3. The van der Waals surface area contributed by atoms with Gasteiger partial charge in [0.15, 0.2) is 0 Å². The van der Waals surface area contributed by atoms with Crippen LogP contribution in [0.15, 0.2) is 24.4 Å². The molecule has 1 aromatic heterocycles. The summed E-state index contributed by atoms with van der Waals surface area (Å²) in [5.41, 5.74) is 0.670. The van der Waals surface area contributed by atoms with E-state index in [1.807, 2.05) is 13.8 Å². The zero-order valence-corrected chi connectivity index (χ0v) is 21.4. The van der Waals surface area contributed by atoms with Crippen LogP contribution in [-0.4, -0.2) is 45.2 Å². The van der Waals surface area contributed by atoms with Gasteiger partial charge in [0.05, 0.1) is 6.04 Å². The number of hydrogen-bond donors (Lipinski definition) is 2. The maximum absolute atomic E-state index is 14.3. The number of carboxylic acid groups (broad SMARTS) is 1. The fourth-order valence-corrected chi connectivity index (χ4v) is 4.50. The van der Waals surface area contributed by atoms with Crippen molar-refractivity contribution in [3.63, 3.8) is 0 Å². The van der Waals surface area contributed by atoms with Gasteiger partial charge in [0.1, 0.15) is 36.1 Å². The SMILES string of the molecule is CC(=O)Nc1cc2c(cn1)COc1c-2ccc(OC[C@H](CC(C)C)N(C(=O)O)C(C)(C)C)c1C(F)F. The van der Waals surface area contributed by atoms with Gasteiger partial charge in [-0.25, -0.2) is 18.6 Å². The monoisotopic (exact) mass is 505 g/mol. The van der Waals surface area contributed by atoms with Crippen LogP contribution in [0.5, 0.6) is 11.5 Å². The lowest BCUT2D eigenvalue weighted by Crippen LogP contribution is -2.53. The fraction of sp³-hybridized carbons (Fsp3) is 0.500. The summed E-state index contributed by atoms with van der Waals surface area (Å²) >= 11 is 0. The van der Waals surface area contributed by atoms with Crippen molar-refractivity contribution in [2.45, 2.75) is 72.6 Å². The van der Waals surface area contributed by atoms with Gasteiger partial charge in [-0.15, -0.1) is 0 Å². The first kappa shape index (κ1) is 27.2. The number of nitrogens with one attached hydrogen (secondary N) is 1. The molecule has 1 atom stereocenters. The second kappa shape index (κ2) is 10.7. The summed E-state index contributed by atoms with van der Waals surface area (Å²) in [6.07, 6.45) is -1.95. The first-order valence-electron chi connectivity index (χ1n) is 11.8. The van der Waals surface area contributed by atoms with E-state index in [1.165, 1.54) is 17.9 Å². The number of nitrogens with zero attached hydrogens (tertiary/aromatic N) is 2. The third-order valence-electron chi connectivity index (χ3n) is 5.80. The molecule has 10 heteroatoms. The zero-order valence-electron chi connectivity index (χ0n) is 21.4. The van der Waals surface area contributed by atoms with Crippen LogP contribution in [-0.2, 0) is 11.4 Å². The van der Waals surface area contributed by atoms with Crippen molar-refractivity contribution in [1.82, 2.24) is 9.88 Å². The molecule has 0 spiro atoms. The fourth-order valence-electron chi connectivity index (χ4n) is 4.50. The molecule has 0 unspecified atom stereocenters. The molecule has 0 aliphatic carbocycles. The summed E-state index contributed by atoms with van der Waals surface area (Å²) in [6.45, 7) is 10.6. The van der Waals surface area contributed by atoms with Gasteiger partial charge in [-0.1, -0.05) is 13.8 Å². The van der Waals surface area contributed by atoms with Crippen LogP contribution in [0.25, 0.3) is 11.1 Å². The van der Waals surface area contributed by atoms with Gasteiger partial charge < -0.3 is 19.9 Å². The first-order valence-corrected chi connectivity index (χ1v) is 11.8. The molecule has 2 amide bonds. The third kappa shape index (κ3) is 6.03. The molecule has 2 aromatic rings. The van der Waals surface area contributed by atoms with Crippen LogP contribution in [0.2, 0.25) is 0 Å². The largest absolute Gasteiger partial charge is 0.491 e. The minimum atomic E-state index is -2.89. The maximum Gasteiger partial charge on any atom is 0.408 e. The molecule has 1 aliphatic rings. The van der Waals surface area contributed by atoms with Gasteiger partial charge in [0.25, 0.3) is 6.43 Å². The molecule has 0 radical (unpaired) electrons. The summed E-state index contributed by atoms with van der Waals surface area (Å²) in [6, 6.07) is 4.16. The summed E-state index contributed by atoms with van der Waals surface area (Å²) in [4.78, 5) is 29.0. The van der Waals surface area contributed by atoms with Gasteiger partial charge in [-0.3, -0.25) is 9.69 Å². The Kier molecular flexibility index (Phi) is 8.05. The average molecular weight is 506 g/mol. The van der Waals surface area contributed by atoms with Crippen LogP contribution in [0.4, 0.5) is 19.4 Å². The molecular formula is C26H33F2N3O5. The third-order valence-corrected chi connectivity index (χ3v) is 5.80. The van der Waals surface area contributed by atoms with Crippen LogP contribution < -0.4 is 14.8 Å². The van der Waals surface area contributed by atoms with Crippen LogP contribution in [0, 0.1) is 5.92 Å². The molecule has 0 bridgehead atoms. The van der Waals surface area contributed by atoms with E-state index in [9.17, 15) is 23.5 Å². The average Bonchev–Trinajstić information content (AvgIpc) is 2.74. The molecule has 2 N–H and O–H groups in total. The van der Waals surface area contributed by atoms with Crippen molar-refractivity contribution in [2.24, 2.45) is 5.92 Å². The molecule has 0 saturated carbocycles. The highest BCUT2D eigenvalue weighted by Gasteiger charge is 2.35. The molecule has 0 saturated heterocycles. The molecule has 3 rings (SSSR count). The topological polar surface area (TPSA) is 101 Å². The Morgan fingerprint density at radius 3 is 2.50 bits per heavy atom. The Morgan fingerprint density at radius 1 is 1.25 bits per heavy atom. The molecule has 36 heavy (non-hydrogen) atoms. The lowest BCUT2D eigenvalue weighted by atomic mass is 9.95. The number of ether oxygens (including phenoxy) is 2. The minimum Gasteiger partial charge on any atom is -0.491 e. The highest BCUT2D eigenvalue weighted by atomic mass is 19.3. The number of alkyl halides is 2. The van der Waals surface area contributed by atoms with Gasteiger partial charge in [-0.05, 0) is 56.9 Å². The molecule has 2 heterocycles. The van der Waals surface area contributed by atoms with Gasteiger partial charge in [0.2, 0.25) is 5.91 Å². The van der Waals surface area contributed by atoms with E-state index < -0.39 is 29.7 Å². The van der Waals surface area contributed by atoms with Crippen molar-refractivity contribution in [3.8, 4) is 22.6 Å². The summed E-state index contributed by atoms with van der Waals surface area (Å²) in [5.74, 6) is 0.110. The zero-order chi connectivity index (χ0) is 26.8. The van der Waals surface area contributed by atoms with Crippen molar-refractivity contribution >= 4 is 17.8 Å². The number of hydrogen-bond acceptors (Lipinski definition) is 5. The number of anilines is 1. The van der Waals surface area contributed by atoms with Crippen LogP contribution in [0.3, 0.4) is 0 Å². The van der Waals surface area contributed by atoms with Crippen LogP contribution in [0.1, 0.15) is 65.5 Å². The van der Waals surface area contributed by atoms with Crippen molar-refractivity contribution in [2.75, 3.05) is 11.9 Å². The van der Waals surface area contributed by atoms with E-state index >= 15 is 0 Å². The Morgan fingerprint density at radius 2 is 1.94 bits per heavy atom. The number of aromatic nitrogens is 1.